The molecule has 0 amide bonds. The molecule has 1 rings (SSSR count). The van der Waals surface area contributed by atoms with Crippen LogP contribution >= 0.6 is 0 Å². The van der Waals surface area contributed by atoms with Crippen LogP contribution < -0.4 is 5.32 Å². The number of ether oxygens (including phenoxy) is 2. The Balaban J connectivity index is 2.06. The summed E-state index contributed by atoms with van der Waals surface area (Å²) in [4.78, 5) is 0. The molecule has 0 heterocycles. The van der Waals surface area contributed by atoms with Gasteiger partial charge >= 0.3 is 0 Å². The number of methoxy groups -OCH3 is 1. The van der Waals surface area contributed by atoms with Crippen LogP contribution in [-0.4, -0.2) is 39.5 Å². The lowest BCUT2D eigenvalue weighted by Gasteiger charge is -2.19. The zero-order chi connectivity index (χ0) is 9.52. The molecule has 0 spiro atoms. The van der Waals surface area contributed by atoms with Gasteiger partial charge in [0.25, 0.3) is 0 Å². The zero-order valence-electron chi connectivity index (χ0n) is 8.71. The van der Waals surface area contributed by atoms with E-state index in [0.717, 1.165) is 19.6 Å². The molecule has 0 aromatic carbocycles. The van der Waals surface area contributed by atoms with Gasteiger partial charge in [0.2, 0.25) is 0 Å². The van der Waals surface area contributed by atoms with Crippen molar-refractivity contribution in [2.75, 3.05) is 27.4 Å². The first kappa shape index (κ1) is 11.0. The lowest BCUT2D eigenvalue weighted by molar-refractivity contribution is 0.0297. The summed E-state index contributed by atoms with van der Waals surface area (Å²) < 4.78 is 10.7. The standard InChI is InChI=1S/C10H21NO2/c1-11-9-5-3-6-10(9)13-8-4-7-12-2/h9-11H,3-8H2,1-2H3. The molecule has 1 aliphatic carbocycles. The predicted octanol–water partition coefficient (Wildman–Crippen LogP) is 1.18. The van der Waals surface area contributed by atoms with E-state index in [0.29, 0.717) is 12.1 Å². The van der Waals surface area contributed by atoms with E-state index >= 15 is 0 Å². The molecule has 1 N–H and O–H groups in total. The maximum atomic E-state index is 5.77. The second-order valence-electron chi connectivity index (χ2n) is 3.58. The summed E-state index contributed by atoms with van der Waals surface area (Å²) in [6, 6.07) is 0.572. The van der Waals surface area contributed by atoms with Crippen molar-refractivity contribution in [3.63, 3.8) is 0 Å². The normalized spacial score (nSPS) is 28.2. The molecular weight excluding hydrogens is 166 g/mol. The van der Waals surface area contributed by atoms with E-state index in [-0.39, 0.29) is 0 Å². The Kier molecular flexibility index (Phi) is 5.35. The van der Waals surface area contributed by atoms with E-state index < -0.39 is 0 Å². The Morgan fingerprint density at radius 2 is 2.15 bits per heavy atom. The highest BCUT2D eigenvalue weighted by molar-refractivity contribution is 4.82. The minimum absolute atomic E-state index is 0.432. The van der Waals surface area contributed by atoms with Crippen LogP contribution in [0.1, 0.15) is 25.7 Å². The third kappa shape index (κ3) is 3.63. The molecule has 0 saturated heterocycles. The fourth-order valence-corrected chi connectivity index (χ4v) is 1.89. The van der Waals surface area contributed by atoms with Crippen molar-refractivity contribution in [3.8, 4) is 0 Å². The summed E-state index contributed by atoms with van der Waals surface area (Å²) in [5.74, 6) is 0. The molecular formula is C10H21NO2. The monoisotopic (exact) mass is 187 g/mol. The fraction of sp³-hybridized carbons (Fsp3) is 1.00. The molecule has 0 radical (unpaired) electrons. The summed E-state index contributed by atoms with van der Waals surface area (Å²) in [5, 5.41) is 3.30. The molecule has 1 saturated carbocycles. The smallest absolute Gasteiger partial charge is 0.0727 e. The molecule has 2 unspecified atom stereocenters. The molecule has 0 aromatic heterocycles. The van der Waals surface area contributed by atoms with Gasteiger partial charge in [0.1, 0.15) is 0 Å². The van der Waals surface area contributed by atoms with E-state index in [1.54, 1.807) is 7.11 Å². The first-order valence-corrected chi connectivity index (χ1v) is 5.16. The molecule has 13 heavy (non-hydrogen) atoms. The van der Waals surface area contributed by atoms with Gasteiger partial charge in [-0.25, -0.2) is 0 Å². The van der Waals surface area contributed by atoms with Crippen molar-refractivity contribution in [2.24, 2.45) is 0 Å². The van der Waals surface area contributed by atoms with Gasteiger partial charge in [-0.3, -0.25) is 0 Å². The summed E-state index contributed by atoms with van der Waals surface area (Å²) >= 11 is 0. The first-order chi connectivity index (χ1) is 6.38. The van der Waals surface area contributed by atoms with Crippen LogP contribution in [0.4, 0.5) is 0 Å². The summed E-state index contributed by atoms with van der Waals surface area (Å²) in [6.45, 7) is 1.63. The molecule has 1 aliphatic rings. The van der Waals surface area contributed by atoms with E-state index in [1.165, 1.54) is 19.3 Å². The highest BCUT2D eigenvalue weighted by atomic mass is 16.5. The van der Waals surface area contributed by atoms with E-state index in [2.05, 4.69) is 5.32 Å². The predicted molar refractivity (Wildman–Crippen MR) is 52.9 cm³/mol. The third-order valence-electron chi connectivity index (χ3n) is 2.65. The van der Waals surface area contributed by atoms with Crippen molar-refractivity contribution < 1.29 is 9.47 Å². The van der Waals surface area contributed by atoms with Gasteiger partial charge in [0.15, 0.2) is 0 Å². The number of hydrogen-bond acceptors (Lipinski definition) is 3. The van der Waals surface area contributed by atoms with E-state index in [4.69, 9.17) is 9.47 Å². The second-order valence-corrected chi connectivity index (χ2v) is 3.58. The van der Waals surface area contributed by atoms with Crippen LogP contribution in [0.2, 0.25) is 0 Å². The quantitative estimate of drug-likeness (QED) is 0.633. The lowest BCUT2D eigenvalue weighted by Crippen LogP contribution is -2.34. The van der Waals surface area contributed by atoms with Gasteiger partial charge in [-0.2, -0.15) is 0 Å². The van der Waals surface area contributed by atoms with Crippen molar-refractivity contribution in [1.29, 1.82) is 0 Å². The van der Waals surface area contributed by atoms with E-state index in [1.807, 2.05) is 7.05 Å². The van der Waals surface area contributed by atoms with E-state index in [9.17, 15) is 0 Å². The van der Waals surface area contributed by atoms with Crippen molar-refractivity contribution in [2.45, 2.75) is 37.8 Å². The Bertz CT molecular complexity index is 130. The van der Waals surface area contributed by atoms with Crippen molar-refractivity contribution in [3.05, 3.63) is 0 Å². The SMILES string of the molecule is CNC1CCCC1OCCCOC. The molecule has 2 atom stereocenters. The minimum Gasteiger partial charge on any atom is -0.385 e. The maximum absolute atomic E-state index is 5.77. The van der Waals surface area contributed by atoms with Crippen LogP contribution in [0, 0.1) is 0 Å². The number of hydrogen-bond donors (Lipinski definition) is 1. The van der Waals surface area contributed by atoms with Crippen molar-refractivity contribution in [1.82, 2.24) is 5.32 Å². The molecule has 0 bridgehead atoms. The van der Waals surface area contributed by atoms with Gasteiger partial charge < -0.3 is 14.8 Å². The van der Waals surface area contributed by atoms with Crippen molar-refractivity contribution >= 4 is 0 Å². The maximum Gasteiger partial charge on any atom is 0.0727 e. The Labute approximate surface area is 80.8 Å². The minimum atomic E-state index is 0.432. The molecule has 1 fully saturated rings. The van der Waals surface area contributed by atoms with Crippen LogP contribution in [0.3, 0.4) is 0 Å². The van der Waals surface area contributed by atoms with Crippen LogP contribution in [0.25, 0.3) is 0 Å². The molecule has 0 aliphatic heterocycles. The lowest BCUT2D eigenvalue weighted by atomic mass is 10.2. The molecule has 78 valence electrons. The fourth-order valence-electron chi connectivity index (χ4n) is 1.89. The molecule has 3 heteroatoms. The molecule has 0 aromatic rings. The van der Waals surface area contributed by atoms with Crippen LogP contribution in [0.15, 0.2) is 0 Å². The third-order valence-corrected chi connectivity index (χ3v) is 2.65. The largest absolute Gasteiger partial charge is 0.385 e. The van der Waals surface area contributed by atoms with Crippen LogP contribution in [-0.2, 0) is 9.47 Å². The highest BCUT2D eigenvalue weighted by Crippen LogP contribution is 2.21. The topological polar surface area (TPSA) is 30.5 Å². The molecule has 3 nitrogen and oxygen atoms in total. The Hall–Kier alpha value is -0.120. The average molecular weight is 187 g/mol. The Morgan fingerprint density at radius 1 is 1.31 bits per heavy atom. The van der Waals surface area contributed by atoms with Gasteiger partial charge in [-0.1, -0.05) is 0 Å². The summed E-state index contributed by atoms with van der Waals surface area (Å²) in [7, 11) is 3.74. The Morgan fingerprint density at radius 3 is 2.85 bits per heavy atom. The van der Waals surface area contributed by atoms with Gasteiger partial charge in [0, 0.05) is 26.4 Å². The summed E-state index contributed by atoms with van der Waals surface area (Å²) in [6.07, 6.45) is 5.19. The highest BCUT2D eigenvalue weighted by Gasteiger charge is 2.25. The summed E-state index contributed by atoms with van der Waals surface area (Å²) in [5.41, 5.74) is 0. The van der Waals surface area contributed by atoms with Crippen LogP contribution in [0.5, 0.6) is 0 Å². The average Bonchev–Trinajstić information content (AvgIpc) is 2.60. The first-order valence-electron chi connectivity index (χ1n) is 5.16. The number of rotatable bonds is 6. The van der Waals surface area contributed by atoms with Gasteiger partial charge in [0.05, 0.1) is 6.10 Å². The van der Waals surface area contributed by atoms with Gasteiger partial charge in [-0.15, -0.1) is 0 Å². The zero-order valence-corrected chi connectivity index (χ0v) is 8.71. The number of nitrogens with one attached hydrogen (secondary N) is 1. The second kappa shape index (κ2) is 6.35. The van der Waals surface area contributed by atoms with Gasteiger partial charge in [-0.05, 0) is 32.7 Å². The number of likely N-dealkylation sites (N-methyl/N-ethyl adjacent to an activating group) is 1.